The lowest BCUT2D eigenvalue weighted by atomic mass is 10.3. The van der Waals surface area contributed by atoms with Gasteiger partial charge in [-0.15, -0.1) is 0 Å². The Kier molecular flexibility index (Phi) is 2.76. The van der Waals surface area contributed by atoms with E-state index in [1.54, 1.807) is 24.3 Å². The van der Waals surface area contributed by atoms with E-state index in [1.807, 2.05) is 6.92 Å². The number of urea groups is 1. The van der Waals surface area contributed by atoms with Crippen LogP contribution < -0.4 is 15.0 Å². The summed E-state index contributed by atoms with van der Waals surface area (Å²) in [4.78, 5) is 23.8. The van der Waals surface area contributed by atoms with E-state index in [2.05, 4.69) is 5.32 Å². The number of carbonyl (C=O) groups is 2. The van der Waals surface area contributed by atoms with Crippen LogP contribution in [0.1, 0.15) is 6.92 Å². The molecule has 1 aliphatic rings. The SMILES string of the molecule is CCOc1ccc(N2CC(=O)NC2=O)cc1. The van der Waals surface area contributed by atoms with Crippen molar-refractivity contribution < 1.29 is 14.3 Å². The lowest BCUT2D eigenvalue weighted by molar-refractivity contribution is -0.117. The minimum Gasteiger partial charge on any atom is -0.494 e. The summed E-state index contributed by atoms with van der Waals surface area (Å²) in [6.45, 7) is 2.58. The molecule has 0 saturated carbocycles. The molecule has 1 fully saturated rings. The van der Waals surface area contributed by atoms with Gasteiger partial charge in [0.05, 0.1) is 6.61 Å². The number of hydrogen-bond donors (Lipinski definition) is 1. The zero-order valence-electron chi connectivity index (χ0n) is 8.90. The number of imide groups is 1. The minimum atomic E-state index is -0.380. The van der Waals surface area contributed by atoms with Gasteiger partial charge in [0.1, 0.15) is 12.3 Å². The van der Waals surface area contributed by atoms with E-state index in [4.69, 9.17) is 4.74 Å². The van der Waals surface area contributed by atoms with Gasteiger partial charge >= 0.3 is 6.03 Å². The van der Waals surface area contributed by atoms with E-state index in [0.29, 0.717) is 12.3 Å². The molecule has 2 rings (SSSR count). The molecule has 1 aliphatic heterocycles. The molecule has 3 amide bonds. The van der Waals surface area contributed by atoms with Crippen molar-refractivity contribution in [2.24, 2.45) is 0 Å². The van der Waals surface area contributed by atoms with E-state index in [0.717, 1.165) is 5.75 Å². The Morgan fingerprint density at radius 3 is 2.50 bits per heavy atom. The standard InChI is InChI=1S/C11H12N2O3/c1-2-16-9-5-3-8(4-6-9)13-7-10(14)12-11(13)15/h3-6H,2,7H2,1H3,(H,12,14,15). The fraction of sp³-hybridized carbons (Fsp3) is 0.273. The third kappa shape index (κ3) is 1.98. The second-order valence-electron chi connectivity index (χ2n) is 3.37. The van der Waals surface area contributed by atoms with Crippen molar-refractivity contribution in [3.8, 4) is 5.75 Å². The molecule has 1 heterocycles. The molecule has 0 spiro atoms. The second kappa shape index (κ2) is 4.22. The van der Waals surface area contributed by atoms with E-state index in [-0.39, 0.29) is 18.5 Å². The first-order chi connectivity index (χ1) is 7.70. The first-order valence-electron chi connectivity index (χ1n) is 5.05. The predicted molar refractivity (Wildman–Crippen MR) is 58.5 cm³/mol. The summed E-state index contributed by atoms with van der Waals surface area (Å²) in [5.74, 6) is 0.469. The van der Waals surface area contributed by atoms with Crippen molar-refractivity contribution in [1.29, 1.82) is 0 Å². The molecule has 5 nitrogen and oxygen atoms in total. The molecule has 0 aliphatic carbocycles. The molecule has 16 heavy (non-hydrogen) atoms. The van der Waals surface area contributed by atoms with Crippen LogP contribution in [0.15, 0.2) is 24.3 Å². The Hall–Kier alpha value is -2.04. The van der Waals surface area contributed by atoms with E-state index >= 15 is 0 Å². The summed E-state index contributed by atoms with van der Waals surface area (Å²) in [6, 6.07) is 6.67. The summed E-state index contributed by atoms with van der Waals surface area (Å²) in [7, 11) is 0. The fourth-order valence-electron chi connectivity index (χ4n) is 1.54. The Balaban J connectivity index is 2.15. The average Bonchev–Trinajstić information content (AvgIpc) is 2.59. The van der Waals surface area contributed by atoms with Crippen LogP contribution in [0.25, 0.3) is 0 Å². The molecule has 0 aromatic heterocycles. The average molecular weight is 220 g/mol. The van der Waals surface area contributed by atoms with Gasteiger partial charge in [-0.05, 0) is 31.2 Å². The molecular weight excluding hydrogens is 208 g/mol. The summed E-state index contributed by atoms with van der Waals surface area (Å²) < 4.78 is 5.29. The molecule has 0 unspecified atom stereocenters. The molecule has 1 aromatic rings. The fourth-order valence-corrected chi connectivity index (χ4v) is 1.54. The van der Waals surface area contributed by atoms with Gasteiger partial charge in [-0.3, -0.25) is 15.0 Å². The maximum Gasteiger partial charge on any atom is 0.329 e. The summed E-state index contributed by atoms with van der Waals surface area (Å²) in [5.41, 5.74) is 0.687. The van der Waals surface area contributed by atoms with Crippen molar-refractivity contribution in [2.45, 2.75) is 6.92 Å². The van der Waals surface area contributed by atoms with Crippen LogP contribution in [0.5, 0.6) is 5.75 Å². The normalized spacial score (nSPS) is 15.2. The van der Waals surface area contributed by atoms with Crippen LogP contribution in [0.2, 0.25) is 0 Å². The van der Waals surface area contributed by atoms with Crippen LogP contribution >= 0.6 is 0 Å². The number of carbonyl (C=O) groups excluding carboxylic acids is 2. The van der Waals surface area contributed by atoms with Crippen molar-refractivity contribution in [1.82, 2.24) is 5.32 Å². The maximum atomic E-state index is 11.4. The van der Waals surface area contributed by atoms with Gasteiger partial charge in [0.2, 0.25) is 5.91 Å². The monoisotopic (exact) mass is 220 g/mol. The third-order valence-electron chi connectivity index (χ3n) is 2.25. The third-order valence-corrected chi connectivity index (χ3v) is 2.25. The predicted octanol–water partition coefficient (Wildman–Crippen LogP) is 1.14. The molecule has 5 heteroatoms. The largest absolute Gasteiger partial charge is 0.494 e. The van der Waals surface area contributed by atoms with Crippen molar-refractivity contribution in [3.63, 3.8) is 0 Å². The molecule has 0 bridgehead atoms. The highest BCUT2D eigenvalue weighted by Gasteiger charge is 2.27. The first-order valence-corrected chi connectivity index (χ1v) is 5.05. The van der Waals surface area contributed by atoms with Gasteiger partial charge in [0.25, 0.3) is 0 Å². The van der Waals surface area contributed by atoms with Gasteiger partial charge in [-0.1, -0.05) is 0 Å². The summed E-state index contributed by atoms with van der Waals surface area (Å²) in [5, 5.41) is 2.22. The van der Waals surface area contributed by atoms with Gasteiger partial charge in [-0.25, -0.2) is 4.79 Å². The molecule has 1 saturated heterocycles. The smallest absolute Gasteiger partial charge is 0.329 e. The maximum absolute atomic E-state index is 11.4. The Morgan fingerprint density at radius 2 is 2.00 bits per heavy atom. The number of benzene rings is 1. The lowest BCUT2D eigenvalue weighted by Crippen LogP contribution is -2.27. The van der Waals surface area contributed by atoms with Crippen LogP contribution in [0, 0.1) is 0 Å². The summed E-state index contributed by atoms with van der Waals surface area (Å²) in [6.07, 6.45) is 0. The molecule has 1 aromatic carbocycles. The number of hydrogen-bond acceptors (Lipinski definition) is 3. The Bertz CT molecular complexity index is 414. The zero-order chi connectivity index (χ0) is 11.5. The quantitative estimate of drug-likeness (QED) is 0.777. The molecule has 0 atom stereocenters. The van der Waals surface area contributed by atoms with E-state index in [9.17, 15) is 9.59 Å². The second-order valence-corrected chi connectivity index (χ2v) is 3.37. The van der Waals surface area contributed by atoms with Gasteiger partial charge in [0.15, 0.2) is 0 Å². The van der Waals surface area contributed by atoms with Crippen LogP contribution in [0.4, 0.5) is 10.5 Å². The number of anilines is 1. The molecular formula is C11H12N2O3. The van der Waals surface area contributed by atoms with Gasteiger partial charge < -0.3 is 4.74 Å². The highest BCUT2D eigenvalue weighted by Crippen LogP contribution is 2.20. The van der Waals surface area contributed by atoms with Crippen molar-refractivity contribution in [3.05, 3.63) is 24.3 Å². The zero-order valence-corrected chi connectivity index (χ0v) is 8.90. The van der Waals surface area contributed by atoms with Crippen LogP contribution in [-0.2, 0) is 4.79 Å². The molecule has 84 valence electrons. The lowest BCUT2D eigenvalue weighted by Gasteiger charge is -2.13. The Labute approximate surface area is 93.0 Å². The van der Waals surface area contributed by atoms with Crippen molar-refractivity contribution in [2.75, 3.05) is 18.1 Å². The Morgan fingerprint density at radius 1 is 1.31 bits per heavy atom. The highest BCUT2D eigenvalue weighted by atomic mass is 16.5. The number of amides is 3. The van der Waals surface area contributed by atoms with Crippen molar-refractivity contribution >= 4 is 17.6 Å². The van der Waals surface area contributed by atoms with Gasteiger partial charge in [-0.2, -0.15) is 0 Å². The highest BCUT2D eigenvalue weighted by molar-refractivity contribution is 6.12. The summed E-state index contributed by atoms with van der Waals surface area (Å²) >= 11 is 0. The minimum absolute atomic E-state index is 0.0762. The number of rotatable bonds is 3. The number of ether oxygens (including phenoxy) is 1. The van der Waals surface area contributed by atoms with Gasteiger partial charge in [0, 0.05) is 5.69 Å². The topological polar surface area (TPSA) is 58.6 Å². The van der Waals surface area contributed by atoms with Crippen LogP contribution in [-0.4, -0.2) is 25.1 Å². The van der Waals surface area contributed by atoms with Crippen LogP contribution in [0.3, 0.4) is 0 Å². The number of nitrogens with one attached hydrogen (secondary N) is 1. The van der Waals surface area contributed by atoms with E-state index in [1.165, 1.54) is 4.90 Å². The first kappa shape index (κ1) is 10.5. The number of nitrogens with zero attached hydrogens (tertiary/aromatic N) is 1. The van der Waals surface area contributed by atoms with E-state index < -0.39 is 0 Å². The molecule has 0 radical (unpaired) electrons. The molecule has 1 N–H and O–H groups in total.